The second-order valence-corrected chi connectivity index (χ2v) is 4.45. The van der Waals surface area contributed by atoms with Crippen molar-refractivity contribution in [2.24, 2.45) is 0 Å². The first-order chi connectivity index (χ1) is 8.15. The van der Waals surface area contributed by atoms with Crippen LogP contribution >= 0.6 is 15.9 Å². The zero-order valence-corrected chi connectivity index (χ0v) is 10.8. The summed E-state index contributed by atoms with van der Waals surface area (Å²) in [6.45, 7) is 1.86. The number of allylic oxidation sites excluding steroid dienone is 1. The maximum atomic E-state index is 11.8. The van der Waals surface area contributed by atoms with Crippen LogP contribution in [0.2, 0.25) is 0 Å². The van der Waals surface area contributed by atoms with Gasteiger partial charge in [-0.15, -0.1) is 0 Å². The zero-order chi connectivity index (χ0) is 12.3. The summed E-state index contributed by atoms with van der Waals surface area (Å²) in [5.74, 6) is 1.38. The molecule has 3 nitrogen and oxygen atoms in total. The van der Waals surface area contributed by atoms with E-state index >= 15 is 0 Å². The van der Waals surface area contributed by atoms with Gasteiger partial charge in [0, 0.05) is 22.4 Å². The van der Waals surface area contributed by atoms with E-state index in [0.717, 1.165) is 10.2 Å². The highest BCUT2D eigenvalue weighted by molar-refractivity contribution is 9.10. The van der Waals surface area contributed by atoms with E-state index in [-0.39, 0.29) is 5.78 Å². The number of aromatic nitrogens is 1. The molecule has 2 aromatic rings. The minimum atomic E-state index is -0.104. The van der Waals surface area contributed by atoms with Crippen LogP contribution in [0, 0.1) is 6.92 Å². The number of aryl methyl sites for hydroxylation is 1. The monoisotopic (exact) mass is 291 g/mol. The van der Waals surface area contributed by atoms with Crippen LogP contribution in [-0.4, -0.2) is 10.8 Å². The first-order valence-corrected chi connectivity index (χ1v) is 5.84. The molecule has 0 N–H and O–H groups in total. The molecule has 0 aliphatic heterocycles. The Kier molecular flexibility index (Phi) is 3.54. The lowest BCUT2D eigenvalue weighted by Crippen LogP contribution is -1.94. The minimum absolute atomic E-state index is 0.104. The molecule has 0 fully saturated rings. The molecule has 0 unspecified atom stereocenters. The van der Waals surface area contributed by atoms with E-state index in [0.29, 0.717) is 11.3 Å². The van der Waals surface area contributed by atoms with E-state index in [1.807, 2.05) is 19.1 Å². The molecule has 0 aromatic carbocycles. The van der Waals surface area contributed by atoms with Gasteiger partial charge in [0.1, 0.15) is 11.5 Å². The van der Waals surface area contributed by atoms with E-state index in [2.05, 4.69) is 20.9 Å². The average Bonchev–Trinajstić information content (AvgIpc) is 2.72. The number of rotatable bonds is 3. The Morgan fingerprint density at radius 1 is 1.41 bits per heavy atom. The van der Waals surface area contributed by atoms with E-state index in [1.165, 1.54) is 12.3 Å². The zero-order valence-electron chi connectivity index (χ0n) is 9.18. The maximum absolute atomic E-state index is 11.8. The highest BCUT2D eigenvalue weighted by Crippen LogP contribution is 2.12. The van der Waals surface area contributed by atoms with Gasteiger partial charge in [-0.2, -0.15) is 0 Å². The van der Waals surface area contributed by atoms with Gasteiger partial charge in [0.05, 0.1) is 0 Å². The second kappa shape index (κ2) is 5.10. The van der Waals surface area contributed by atoms with Gasteiger partial charge in [-0.25, -0.2) is 0 Å². The van der Waals surface area contributed by atoms with Crippen molar-refractivity contribution < 1.29 is 9.21 Å². The van der Waals surface area contributed by atoms with Crippen LogP contribution in [0.15, 0.2) is 45.6 Å². The number of hydrogen-bond donors (Lipinski definition) is 0. The Balaban J connectivity index is 2.14. The Hall–Kier alpha value is -1.68. The highest BCUT2D eigenvalue weighted by atomic mass is 79.9. The second-order valence-electron chi connectivity index (χ2n) is 3.54. The number of hydrogen-bond acceptors (Lipinski definition) is 3. The molecule has 86 valence electrons. The van der Waals surface area contributed by atoms with Gasteiger partial charge in [-0.05, 0) is 53.2 Å². The summed E-state index contributed by atoms with van der Waals surface area (Å²) in [4.78, 5) is 15.7. The van der Waals surface area contributed by atoms with Gasteiger partial charge in [0.15, 0.2) is 5.78 Å². The van der Waals surface area contributed by atoms with Gasteiger partial charge in [0.25, 0.3) is 0 Å². The highest BCUT2D eigenvalue weighted by Gasteiger charge is 2.03. The predicted molar refractivity (Wildman–Crippen MR) is 68.7 cm³/mol. The molecule has 0 spiro atoms. The smallest absolute Gasteiger partial charge is 0.187 e. The lowest BCUT2D eigenvalue weighted by molar-refractivity contribution is 0.104. The molecule has 0 saturated carbocycles. The molecule has 0 bridgehead atoms. The lowest BCUT2D eigenvalue weighted by Gasteiger charge is -1.95. The molecule has 0 aliphatic carbocycles. The molecule has 4 heteroatoms. The van der Waals surface area contributed by atoms with Crippen molar-refractivity contribution in [1.82, 2.24) is 4.98 Å². The standard InChI is InChI=1S/C13H10BrNO2/c1-9-2-3-12(17-9)4-5-13(16)10-6-11(14)8-15-7-10/h2-8H,1H3. The van der Waals surface area contributed by atoms with E-state index in [1.54, 1.807) is 18.3 Å². The topological polar surface area (TPSA) is 43.1 Å². The van der Waals surface area contributed by atoms with Crippen molar-refractivity contribution in [2.75, 3.05) is 0 Å². The number of nitrogens with zero attached hydrogens (tertiary/aromatic N) is 1. The molecule has 0 saturated heterocycles. The third-order valence-electron chi connectivity index (χ3n) is 2.15. The molecular weight excluding hydrogens is 282 g/mol. The van der Waals surface area contributed by atoms with Crippen molar-refractivity contribution in [3.63, 3.8) is 0 Å². The van der Waals surface area contributed by atoms with Crippen LogP contribution in [0.4, 0.5) is 0 Å². The largest absolute Gasteiger partial charge is 0.462 e. The lowest BCUT2D eigenvalue weighted by atomic mass is 10.2. The number of halogens is 1. The number of carbonyl (C=O) groups is 1. The van der Waals surface area contributed by atoms with Gasteiger partial charge in [-0.3, -0.25) is 9.78 Å². The van der Waals surface area contributed by atoms with Crippen molar-refractivity contribution in [3.8, 4) is 0 Å². The fraction of sp³-hybridized carbons (Fsp3) is 0.0769. The first kappa shape index (κ1) is 11.8. The normalized spacial score (nSPS) is 10.9. The van der Waals surface area contributed by atoms with Crippen LogP contribution in [0.1, 0.15) is 21.9 Å². The van der Waals surface area contributed by atoms with Crippen LogP contribution in [0.5, 0.6) is 0 Å². The molecule has 2 heterocycles. The van der Waals surface area contributed by atoms with E-state index < -0.39 is 0 Å². The van der Waals surface area contributed by atoms with Crippen molar-refractivity contribution in [3.05, 3.63) is 58.2 Å². The van der Waals surface area contributed by atoms with Gasteiger partial charge in [0.2, 0.25) is 0 Å². The van der Waals surface area contributed by atoms with Gasteiger partial charge in [-0.1, -0.05) is 0 Å². The SMILES string of the molecule is Cc1ccc(C=CC(=O)c2cncc(Br)c2)o1. The molecule has 2 aromatic heterocycles. The quantitative estimate of drug-likeness (QED) is 0.640. The molecular formula is C13H10BrNO2. The molecule has 2 rings (SSSR count). The predicted octanol–water partition coefficient (Wildman–Crippen LogP) is 3.64. The van der Waals surface area contributed by atoms with Crippen LogP contribution in [0.3, 0.4) is 0 Å². The number of pyridine rings is 1. The van der Waals surface area contributed by atoms with E-state index in [9.17, 15) is 4.79 Å². The Morgan fingerprint density at radius 3 is 2.88 bits per heavy atom. The molecule has 0 amide bonds. The number of furan rings is 1. The van der Waals surface area contributed by atoms with Crippen LogP contribution in [0.25, 0.3) is 6.08 Å². The van der Waals surface area contributed by atoms with Gasteiger partial charge >= 0.3 is 0 Å². The van der Waals surface area contributed by atoms with Crippen molar-refractivity contribution in [1.29, 1.82) is 0 Å². The summed E-state index contributed by atoms with van der Waals surface area (Å²) in [5.41, 5.74) is 0.541. The third-order valence-corrected chi connectivity index (χ3v) is 2.58. The first-order valence-electron chi connectivity index (χ1n) is 5.04. The summed E-state index contributed by atoms with van der Waals surface area (Å²) in [7, 11) is 0. The summed E-state index contributed by atoms with van der Waals surface area (Å²) in [6, 6.07) is 5.40. The van der Waals surface area contributed by atoms with Crippen molar-refractivity contribution in [2.45, 2.75) is 6.92 Å². The Bertz CT molecular complexity index is 572. The summed E-state index contributed by atoms with van der Waals surface area (Å²) >= 11 is 3.27. The number of carbonyl (C=O) groups excluding carboxylic acids is 1. The maximum Gasteiger partial charge on any atom is 0.187 e. The summed E-state index contributed by atoms with van der Waals surface area (Å²) < 4.78 is 6.11. The number of ketones is 1. The van der Waals surface area contributed by atoms with Crippen molar-refractivity contribution >= 4 is 27.8 Å². The average molecular weight is 292 g/mol. The molecule has 0 atom stereocenters. The van der Waals surface area contributed by atoms with Crippen LogP contribution in [-0.2, 0) is 0 Å². The molecule has 0 radical (unpaired) electrons. The minimum Gasteiger partial charge on any atom is -0.462 e. The molecule has 17 heavy (non-hydrogen) atoms. The Labute approximate surface area is 107 Å². The summed E-state index contributed by atoms with van der Waals surface area (Å²) in [6.07, 6.45) is 6.29. The molecule has 0 aliphatic rings. The van der Waals surface area contributed by atoms with Crippen LogP contribution < -0.4 is 0 Å². The summed E-state index contributed by atoms with van der Waals surface area (Å²) in [5, 5.41) is 0. The Morgan fingerprint density at radius 2 is 2.24 bits per heavy atom. The fourth-order valence-electron chi connectivity index (χ4n) is 1.34. The fourth-order valence-corrected chi connectivity index (χ4v) is 1.71. The van der Waals surface area contributed by atoms with Gasteiger partial charge < -0.3 is 4.42 Å². The van der Waals surface area contributed by atoms with E-state index in [4.69, 9.17) is 4.42 Å². The third kappa shape index (κ3) is 3.14.